The molecular formula is C10H19NO4. The highest BCUT2D eigenvalue weighted by atomic mass is 16.5. The lowest BCUT2D eigenvalue weighted by atomic mass is 10.1. The van der Waals surface area contributed by atoms with Gasteiger partial charge in [0.2, 0.25) is 5.91 Å². The zero-order chi connectivity index (χ0) is 12.0. The van der Waals surface area contributed by atoms with Crippen molar-refractivity contribution < 1.29 is 19.4 Å². The van der Waals surface area contributed by atoms with E-state index in [0.717, 1.165) is 0 Å². The van der Waals surface area contributed by atoms with Gasteiger partial charge in [-0.2, -0.15) is 0 Å². The monoisotopic (exact) mass is 217 g/mol. The molecule has 0 fully saturated rings. The molecule has 2 N–H and O–H groups in total. The Morgan fingerprint density at radius 2 is 1.87 bits per heavy atom. The summed E-state index contributed by atoms with van der Waals surface area (Å²) in [6.45, 7) is 5.31. The molecule has 0 aliphatic heterocycles. The van der Waals surface area contributed by atoms with Gasteiger partial charge < -0.3 is 15.2 Å². The third kappa shape index (κ3) is 5.37. The molecule has 0 saturated carbocycles. The molecule has 0 aromatic heterocycles. The number of aliphatic hydroxyl groups is 1. The van der Waals surface area contributed by atoms with E-state index in [4.69, 9.17) is 0 Å². The molecule has 0 bridgehead atoms. The van der Waals surface area contributed by atoms with Gasteiger partial charge in [0.25, 0.3) is 0 Å². The quantitative estimate of drug-likeness (QED) is 0.639. The van der Waals surface area contributed by atoms with E-state index in [1.165, 1.54) is 14.0 Å². The highest BCUT2D eigenvalue weighted by molar-refractivity contribution is 5.86. The summed E-state index contributed by atoms with van der Waals surface area (Å²) in [4.78, 5) is 22.3. The van der Waals surface area contributed by atoms with Gasteiger partial charge >= 0.3 is 5.97 Å². The predicted molar refractivity (Wildman–Crippen MR) is 55.1 cm³/mol. The summed E-state index contributed by atoms with van der Waals surface area (Å²) in [6, 6.07) is -0.732. The van der Waals surface area contributed by atoms with Crippen molar-refractivity contribution in [2.24, 2.45) is 5.92 Å². The van der Waals surface area contributed by atoms with Gasteiger partial charge in [-0.1, -0.05) is 13.8 Å². The molecule has 0 spiro atoms. The van der Waals surface area contributed by atoms with Crippen LogP contribution in [0.15, 0.2) is 0 Å². The lowest BCUT2D eigenvalue weighted by Gasteiger charge is -2.16. The molecule has 0 saturated heterocycles. The largest absolute Gasteiger partial charge is 0.467 e. The summed E-state index contributed by atoms with van der Waals surface area (Å²) in [5.74, 6) is -0.846. The first kappa shape index (κ1) is 13.9. The lowest BCUT2D eigenvalue weighted by molar-refractivity contribution is -0.145. The minimum atomic E-state index is -1.07. The summed E-state index contributed by atoms with van der Waals surface area (Å²) in [5.41, 5.74) is 0. The molecule has 5 heteroatoms. The van der Waals surface area contributed by atoms with Crippen LogP contribution in [0.4, 0.5) is 0 Å². The van der Waals surface area contributed by atoms with Crippen LogP contribution in [0.5, 0.6) is 0 Å². The molecule has 2 atom stereocenters. The van der Waals surface area contributed by atoms with Crippen LogP contribution in [0.25, 0.3) is 0 Å². The third-order valence-corrected chi connectivity index (χ3v) is 1.91. The Hall–Kier alpha value is -1.10. The number of methoxy groups -OCH3 is 1. The van der Waals surface area contributed by atoms with Crippen molar-refractivity contribution in [3.05, 3.63) is 0 Å². The normalized spacial score (nSPS) is 14.5. The van der Waals surface area contributed by atoms with Crippen LogP contribution in [0.3, 0.4) is 0 Å². The van der Waals surface area contributed by atoms with E-state index < -0.39 is 24.0 Å². The fourth-order valence-electron chi connectivity index (χ4n) is 1.10. The van der Waals surface area contributed by atoms with Crippen LogP contribution in [0, 0.1) is 5.92 Å². The summed E-state index contributed by atoms with van der Waals surface area (Å²) in [7, 11) is 1.25. The first-order chi connectivity index (χ1) is 6.88. The van der Waals surface area contributed by atoms with E-state index in [1.807, 2.05) is 13.8 Å². The van der Waals surface area contributed by atoms with Crippen LogP contribution >= 0.6 is 0 Å². The van der Waals surface area contributed by atoms with Crippen molar-refractivity contribution in [2.45, 2.75) is 39.3 Å². The molecule has 0 aliphatic carbocycles. The number of hydrogen-bond donors (Lipinski definition) is 2. The lowest BCUT2D eigenvalue weighted by Crippen LogP contribution is -2.44. The van der Waals surface area contributed by atoms with Crippen molar-refractivity contribution in [2.75, 3.05) is 7.11 Å². The number of aliphatic hydroxyl groups excluding tert-OH is 1. The maximum absolute atomic E-state index is 11.3. The Morgan fingerprint density at radius 1 is 1.33 bits per heavy atom. The van der Waals surface area contributed by atoms with Crippen LogP contribution in [-0.4, -0.2) is 36.2 Å². The number of rotatable bonds is 5. The summed E-state index contributed by atoms with van der Waals surface area (Å²) >= 11 is 0. The molecule has 15 heavy (non-hydrogen) atoms. The number of carbonyl (C=O) groups is 2. The smallest absolute Gasteiger partial charge is 0.328 e. The van der Waals surface area contributed by atoms with E-state index in [2.05, 4.69) is 10.1 Å². The second-order valence-electron chi connectivity index (χ2n) is 3.90. The number of carbonyl (C=O) groups excluding carboxylic acids is 2. The zero-order valence-electron chi connectivity index (χ0n) is 9.61. The molecule has 0 radical (unpaired) electrons. The molecule has 88 valence electrons. The van der Waals surface area contributed by atoms with E-state index in [9.17, 15) is 14.7 Å². The van der Waals surface area contributed by atoms with Gasteiger partial charge in [-0.25, -0.2) is 4.79 Å². The maximum atomic E-state index is 11.3. The zero-order valence-corrected chi connectivity index (χ0v) is 9.61. The molecule has 0 heterocycles. The molecule has 1 amide bonds. The van der Waals surface area contributed by atoms with Gasteiger partial charge in [0, 0.05) is 0 Å². The Kier molecular flexibility index (Phi) is 5.93. The minimum absolute atomic E-state index is 0.221. The minimum Gasteiger partial charge on any atom is -0.467 e. The fraction of sp³-hybridized carbons (Fsp3) is 0.800. The van der Waals surface area contributed by atoms with Crippen LogP contribution in [0.2, 0.25) is 0 Å². The molecule has 5 nitrogen and oxygen atoms in total. The van der Waals surface area contributed by atoms with Crippen LogP contribution in [0.1, 0.15) is 27.2 Å². The van der Waals surface area contributed by atoms with Crippen molar-refractivity contribution >= 4 is 11.9 Å². The van der Waals surface area contributed by atoms with Gasteiger partial charge in [-0.05, 0) is 19.3 Å². The number of esters is 1. The van der Waals surface area contributed by atoms with Crippen molar-refractivity contribution in [3.63, 3.8) is 0 Å². The highest BCUT2D eigenvalue weighted by Gasteiger charge is 2.21. The Bertz CT molecular complexity index is 227. The van der Waals surface area contributed by atoms with Crippen molar-refractivity contribution in [1.29, 1.82) is 0 Å². The average Bonchev–Trinajstić information content (AvgIpc) is 2.15. The second kappa shape index (κ2) is 6.40. The van der Waals surface area contributed by atoms with E-state index in [-0.39, 0.29) is 5.92 Å². The highest BCUT2D eigenvalue weighted by Crippen LogP contribution is 2.04. The molecular weight excluding hydrogens is 198 g/mol. The first-order valence-electron chi connectivity index (χ1n) is 4.94. The Balaban J connectivity index is 4.07. The number of amides is 1. The van der Waals surface area contributed by atoms with Gasteiger partial charge in [0.05, 0.1) is 7.11 Å². The van der Waals surface area contributed by atoms with E-state index >= 15 is 0 Å². The van der Waals surface area contributed by atoms with Gasteiger partial charge in [0.1, 0.15) is 12.1 Å². The van der Waals surface area contributed by atoms with E-state index in [0.29, 0.717) is 6.42 Å². The molecule has 0 aromatic rings. The SMILES string of the molecule is COC(=O)[C@H](C)NC(=O)[C@H](O)CC(C)C. The van der Waals surface area contributed by atoms with Crippen LogP contribution < -0.4 is 5.32 Å². The topological polar surface area (TPSA) is 75.6 Å². The van der Waals surface area contributed by atoms with Crippen LogP contribution in [-0.2, 0) is 14.3 Å². The van der Waals surface area contributed by atoms with E-state index in [1.54, 1.807) is 0 Å². The Morgan fingerprint density at radius 3 is 2.27 bits per heavy atom. The average molecular weight is 217 g/mol. The summed E-state index contributed by atoms with van der Waals surface area (Å²) in [6.07, 6.45) is -0.697. The van der Waals surface area contributed by atoms with Crippen molar-refractivity contribution in [1.82, 2.24) is 5.32 Å². The standard InChI is InChI=1S/C10H19NO4/c1-6(2)5-8(12)9(13)11-7(3)10(14)15-4/h6-8,12H,5H2,1-4H3,(H,11,13)/t7-,8+/m0/s1. The molecule has 0 aromatic carbocycles. The van der Waals surface area contributed by atoms with Crippen molar-refractivity contribution in [3.8, 4) is 0 Å². The summed E-state index contributed by atoms with van der Waals surface area (Å²) in [5, 5.41) is 11.8. The number of hydrogen-bond acceptors (Lipinski definition) is 4. The number of ether oxygens (including phenoxy) is 1. The molecule has 0 rings (SSSR count). The fourth-order valence-corrected chi connectivity index (χ4v) is 1.10. The number of nitrogens with one attached hydrogen (secondary N) is 1. The predicted octanol–water partition coefficient (Wildman–Crippen LogP) is 0.0711. The molecule has 0 unspecified atom stereocenters. The summed E-state index contributed by atoms with van der Waals surface area (Å²) < 4.78 is 4.44. The second-order valence-corrected chi connectivity index (χ2v) is 3.90. The first-order valence-corrected chi connectivity index (χ1v) is 4.94. The molecule has 0 aliphatic rings. The van der Waals surface area contributed by atoms with Gasteiger partial charge in [0.15, 0.2) is 0 Å². The third-order valence-electron chi connectivity index (χ3n) is 1.91. The Labute approximate surface area is 89.8 Å². The van der Waals surface area contributed by atoms with Gasteiger partial charge in [-0.3, -0.25) is 4.79 Å². The maximum Gasteiger partial charge on any atom is 0.328 e. The van der Waals surface area contributed by atoms with Gasteiger partial charge in [-0.15, -0.1) is 0 Å².